The van der Waals surface area contributed by atoms with E-state index in [9.17, 15) is 13.2 Å². The van der Waals surface area contributed by atoms with Gasteiger partial charge >= 0.3 is 6.36 Å². The molecule has 0 fully saturated rings. The van der Waals surface area contributed by atoms with Gasteiger partial charge in [0.15, 0.2) is 0 Å². The van der Waals surface area contributed by atoms with Gasteiger partial charge in [0.2, 0.25) is 5.88 Å². The lowest BCUT2D eigenvalue weighted by molar-refractivity contribution is -0.274. The van der Waals surface area contributed by atoms with E-state index in [2.05, 4.69) is 9.72 Å². The van der Waals surface area contributed by atoms with Crippen LogP contribution >= 0.6 is 0 Å². The highest BCUT2D eigenvalue weighted by molar-refractivity contribution is 5.41. The van der Waals surface area contributed by atoms with Crippen LogP contribution in [0, 0.1) is 11.3 Å². The van der Waals surface area contributed by atoms with Crippen molar-refractivity contribution in [2.75, 3.05) is 7.11 Å². The molecule has 0 aromatic carbocycles. The molecule has 1 heterocycles. The molecule has 0 aliphatic carbocycles. The molecule has 0 unspecified atom stereocenters. The molecule has 0 radical (unpaired) electrons. The van der Waals surface area contributed by atoms with Crippen LogP contribution in [0.3, 0.4) is 0 Å². The molecule has 4 nitrogen and oxygen atoms in total. The number of nitrogens with zero attached hydrogens (tertiary/aromatic N) is 2. The van der Waals surface area contributed by atoms with Crippen LogP contribution in [0.2, 0.25) is 0 Å². The van der Waals surface area contributed by atoms with E-state index in [4.69, 9.17) is 10.00 Å². The third-order valence-electron chi connectivity index (χ3n) is 1.65. The molecule has 1 aromatic heterocycles. The Bertz CT molecular complexity index is 412. The summed E-state index contributed by atoms with van der Waals surface area (Å²) in [7, 11) is 1.25. The summed E-state index contributed by atoms with van der Waals surface area (Å²) in [6, 6.07) is 2.75. The van der Waals surface area contributed by atoms with Gasteiger partial charge in [-0.1, -0.05) is 0 Å². The van der Waals surface area contributed by atoms with Crippen LogP contribution in [0.1, 0.15) is 5.56 Å². The number of halogens is 3. The maximum absolute atomic E-state index is 12.0. The molecule has 0 spiro atoms. The fraction of sp³-hybridized carbons (Fsp3) is 0.333. The van der Waals surface area contributed by atoms with Gasteiger partial charge in [-0.25, -0.2) is 4.98 Å². The van der Waals surface area contributed by atoms with Crippen molar-refractivity contribution < 1.29 is 22.6 Å². The second-order valence-electron chi connectivity index (χ2n) is 2.68. The Morgan fingerprint density at radius 2 is 2.19 bits per heavy atom. The minimum Gasteiger partial charge on any atom is -0.481 e. The third kappa shape index (κ3) is 3.02. The van der Waals surface area contributed by atoms with Gasteiger partial charge in [0.05, 0.1) is 25.2 Å². The molecule has 0 aliphatic heterocycles. The van der Waals surface area contributed by atoms with Gasteiger partial charge in [0.25, 0.3) is 0 Å². The van der Waals surface area contributed by atoms with E-state index in [1.165, 1.54) is 7.11 Å². The lowest BCUT2D eigenvalue weighted by Crippen LogP contribution is -2.18. The molecule has 7 heteroatoms. The fourth-order valence-corrected chi connectivity index (χ4v) is 1.09. The lowest BCUT2D eigenvalue weighted by Gasteiger charge is -2.13. The van der Waals surface area contributed by atoms with Gasteiger partial charge in [-0.05, 0) is 6.07 Å². The van der Waals surface area contributed by atoms with E-state index in [-0.39, 0.29) is 17.9 Å². The standard InChI is InChI=1S/C9H7F3N2O2/c1-15-8-6(2-4-13)7(3-5-14-8)16-9(10,11)12/h3,5H,2H2,1H3. The zero-order chi connectivity index (χ0) is 12.2. The monoisotopic (exact) mass is 232 g/mol. The number of hydrogen-bond acceptors (Lipinski definition) is 4. The first-order valence-corrected chi connectivity index (χ1v) is 4.12. The molecule has 1 aromatic rings. The molecule has 0 saturated carbocycles. The third-order valence-corrected chi connectivity index (χ3v) is 1.65. The van der Waals surface area contributed by atoms with Crippen molar-refractivity contribution in [1.82, 2.24) is 4.98 Å². The quantitative estimate of drug-likeness (QED) is 0.800. The first-order chi connectivity index (χ1) is 7.48. The SMILES string of the molecule is COc1nccc(OC(F)(F)F)c1CC#N. The maximum atomic E-state index is 12.0. The predicted molar refractivity (Wildman–Crippen MR) is 46.8 cm³/mol. The van der Waals surface area contributed by atoms with Crippen molar-refractivity contribution >= 4 is 0 Å². The van der Waals surface area contributed by atoms with Gasteiger partial charge in [-0.15, -0.1) is 13.2 Å². The minimum absolute atomic E-state index is 0.0233. The lowest BCUT2D eigenvalue weighted by atomic mass is 10.2. The smallest absolute Gasteiger partial charge is 0.481 e. The molecule has 0 bridgehead atoms. The van der Waals surface area contributed by atoms with Crippen molar-refractivity contribution in [2.45, 2.75) is 12.8 Å². The van der Waals surface area contributed by atoms with Crippen LogP contribution in [0.25, 0.3) is 0 Å². The molecule has 1 rings (SSSR count). The predicted octanol–water partition coefficient (Wildman–Crippen LogP) is 2.05. The molecule has 0 N–H and O–H groups in total. The molecule has 0 amide bonds. The van der Waals surface area contributed by atoms with Crippen LogP contribution in [0.5, 0.6) is 11.6 Å². The number of nitriles is 1. The Hall–Kier alpha value is -1.97. The van der Waals surface area contributed by atoms with Gasteiger partial charge in [-0.2, -0.15) is 5.26 Å². The number of aromatic nitrogens is 1. The van der Waals surface area contributed by atoms with E-state index in [1.807, 2.05) is 0 Å². The Morgan fingerprint density at radius 3 is 2.69 bits per heavy atom. The van der Waals surface area contributed by atoms with Crippen molar-refractivity contribution in [3.63, 3.8) is 0 Å². The van der Waals surface area contributed by atoms with Gasteiger partial charge in [-0.3, -0.25) is 0 Å². The van der Waals surface area contributed by atoms with Crippen molar-refractivity contribution in [3.8, 4) is 17.7 Å². The number of rotatable bonds is 3. The Morgan fingerprint density at radius 1 is 1.50 bits per heavy atom. The van der Waals surface area contributed by atoms with Crippen LogP contribution in [0.4, 0.5) is 13.2 Å². The summed E-state index contributed by atoms with van der Waals surface area (Å²) < 4.78 is 44.6. The highest BCUT2D eigenvalue weighted by atomic mass is 19.4. The summed E-state index contributed by atoms with van der Waals surface area (Å²) in [5, 5.41) is 8.49. The van der Waals surface area contributed by atoms with Crippen LogP contribution in [-0.2, 0) is 6.42 Å². The molecular formula is C9H7F3N2O2. The number of pyridine rings is 1. The second kappa shape index (κ2) is 4.70. The topological polar surface area (TPSA) is 55.1 Å². The largest absolute Gasteiger partial charge is 0.573 e. The molecule has 0 atom stereocenters. The van der Waals surface area contributed by atoms with Crippen molar-refractivity contribution in [2.24, 2.45) is 0 Å². The maximum Gasteiger partial charge on any atom is 0.573 e. The van der Waals surface area contributed by atoms with Crippen molar-refractivity contribution in [1.29, 1.82) is 5.26 Å². The summed E-state index contributed by atoms with van der Waals surface area (Å²) in [4.78, 5) is 3.69. The number of ether oxygens (including phenoxy) is 2. The average Bonchev–Trinajstić information content (AvgIpc) is 2.18. The van der Waals surface area contributed by atoms with E-state index in [0.29, 0.717) is 0 Å². The number of methoxy groups -OCH3 is 1. The Balaban J connectivity index is 3.12. The van der Waals surface area contributed by atoms with Crippen LogP contribution < -0.4 is 9.47 Å². The highest BCUT2D eigenvalue weighted by Crippen LogP contribution is 2.30. The summed E-state index contributed by atoms with van der Waals surface area (Å²) in [5.74, 6) is -0.524. The van der Waals surface area contributed by atoms with E-state index in [1.54, 1.807) is 6.07 Å². The summed E-state index contributed by atoms with van der Waals surface area (Å²) >= 11 is 0. The normalized spacial score (nSPS) is 10.7. The summed E-state index contributed by atoms with van der Waals surface area (Å²) in [6.07, 6.45) is -3.97. The Kier molecular flexibility index (Phi) is 3.55. The zero-order valence-corrected chi connectivity index (χ0v) is 8.21. The molecular weight excluding hydrogens is 225 g/mol. The Labute approximate surface area is 89.2 Å². The van der Waals surface area contributed by atoms with E-state index in [0.717, 1.165) is 12.3 Å². The number of hydrogen-bond donors (Lipinski definition) is 0. The number of alkyl halides is 3. The van der Waals surface area contributed by atoms with Crippen molar-refractivity contribution in [3.05, 3.63) is 17.8 Å². The van der Waals surface area contributed by atoms with Gasteiger partial charge in [0, 0.05) is 6.20 Å². The minimum atomic E-state index is -4.81. The van der Waals surface area contributed by atoms with Gasteiger partial charge < -0.3 is 9.47 Å². The average molecular weight is 232 g/mol. The van der Waals surface area contributed by atoms with Gasteiger partial charge in [0.1, 0.15) is 5.75 Å². The zero-order valence-electron chi connectivity index (χ0n) is 8.21. The summed E-state index contributed by atoms with van der Waals surface area (Å²) in [5.41, 5.74) is -0.0233. The summed E-state index contributed by atoms with van der Waals surface area (Å²) in [6.45, 7) is 0. The molecule has 16 heavy (non-hydrogen) atoms. The second-order valence-corrected chi connectivity index (χ2v) is 2.68. The molecule has 0 saturated heterocycles. The van der Waals surface area contributed by atoms with Crippen LogP contribution in [0.15, 0.2) is 12.3 Å². The first-order valence-electron chi connectivity index (χ1n) is 4.12. The molecule has 0 aliphatic rings. The first kappa shape index (κ1) is 12.1. The van der Waals surface area contributed by atoms with E-state index < -0.39 is 12.1 Å². The molecule has 86 valence electrons. The fourth-order valence-electron chi connectivity index (χ4n) is 1.09. The highest BCUT2D eigenvalue weighted by Gasteiger charge is 2.32. The van der Waals surface area contributed by atoms with E-state index >= 15 is 0 Å². The van der Waals surface area contributed by atoms with Crippen LogP contribution in [-0.4, -0.2) is 18.5 Å².